The number of aliphatic hydroxyl groups is 5. The lowest BCUT2D eigenvalue weighted by Crippen LogP contribution is -2.71. The topological polar surface area (TPSA) is 849 Å². The summed E-state index contributed by atoms with van der Waals surface area (Å²) in [5, 5.41) is 77.1. The van der Waals surface area contributed by atoms with Crippen LogP contribution in [-0.4, -0.2) is 345 Å². The number of aliphatic hydroxyl groups excluding tert-OH is 5. The number of carboxylic acid groups (broad SMARTS) is 2. The van der Waals surface area contributed by atoms with E-state index in [2.05, 4.69) is 25.1 Å². The molecule has 0 amide bonds. The van der Waals surface area contributed by atoms with Crippen molar-refractivity contribution in [2.75, 3.05) is 26.9 Å². The van der Waals surface area contributed by atoms with Crippen molar-refractivity contribution >= 4 is 105 Å². The van der Waals surface area contributed by atoms with E-state index in [-0.39, 0.29) is 0 Å². The Bertz CT molecular complexity index is 3770. The normalized spacial score (nSPS) is 37.7. The molecule has 5 fully saturated rings. The molecule has 0 saturated carbocycles. The fourth-order valence-electron chi connectivity index (χ4n) is 9.22. The summed E-state index contributed by atoms with van der Waals surface area (Å²) in [6.07, 6.45) is -66.7. The second-order valence-electron chi connectivity index (χ2n) is 19.2. The van der Waals surface area contributed by atoms with E-state index in [0.29, 0.717) is 7.11 Å². The van der Waals surface area contributed by atoms with E-state index in [0.717, 1.165) is 4.72 Å². The van der Waals surface area contributed by atoms with Crippen LogP contribution in [-0.2, 0) is 175 Å². The van der Waals surface area contributed by atoms with Crippen LogP contribution < -0.4 is 14.2 Å². The highest BCUT2D eigenvalue weighted by Crippen LogP contribution is 2.39. The summed E-state index contributed by atoms with van der Waals surface area (Å²) in [4.78, 5) is 26.0. The van der Waals surface area contributed by atoms with E-state index in [1.165, 1.54) is 9.44 Å². The number of methoxy groups -OCH3 is 1. The van der Waals surface area contributed by atoms with Crippen molar-refractivity contribution < 1.29 is 235 Å². The van der Waals surface area contributed by atoms with Gasteiger partial charge in [0.2, 0.25) is 0 Å². The van der Waals surface area contributed by atoms with E-state index in [1.54, 1.807) is 0 Å². The first-order valence-electron chi connectivity index (χ1n) is 24.2. The predicted molar refractivity (Wildman–Crippen MR) is 272 cm³/mol. The molecule has 5 aliphatic heterocycles. The number of rotatable bonds is 32. The Hall–Kier alpha value is -2.83. The summed E-state index contributed by atoms with van der Waals surface area (Å²) in [6, 6.07) is -8.49. The highest BCUT2D eigenvalue weighted by Gasteiger charge is 2.62. The van der Waals surface area contributed by atoms with Gasteiger partial charge in [-0.25, -0.2) is 34.7 Å². The molecule has 55 nitrogen and oxygen atoms in total. The second kappa shape index (κ2) is 31.2. The van der Waals surface area contributed by atoms with Gasteiger partial charge in [0, 0.05) is 7.11 Å². The van der Waals surface area contributed by atoms with Gasteiger partial charge in [0.15, 0.2) is 49.8 Å². The fourth-order valence-corrected chi connectivity index (χ4v) is 13.4. The van der Waals surface area contributed by atoms with Crippen molar-refractivity contribution in [2.24, 2.45) is 0 Å². The third-order valence-corrected chi connectivity index (χ3v) is 17.0. The van der Waals surface area contributed by atoms with Gasteiger partial charge < -0.3 is 83.1 Å². The van der Waals surface area contributed by atoms with Crippen molar-refractivity contribution in [3.8, 4) is 0 Å². The maximum absolute atomic E-state index is 13.0. The minimum absolute atomic E-state index is 0.717. The Balaban J connectivity index is 1.66. The molecule has 0 bridgehead atoms. The molecule has 95 heavy (non-hydrogen) atoms. The van der Waals surface area contributed by atoms with Crippen LogP contribution in [0.3, 0.4) is 0 Å². The Morgan fingerprint density at radius 2 is 0.684 bits per heavy atom. The number of aliphatic carboxylic acids is 2. The lowest BCUT2D eigenvalue weighted by Gasteiger charge is -2.50. The molecule has 0 spiro atoms. The summed E-state index contributed by atoms with van der Waals surface area (Å²) in [6.45, 7) is -5.31. The highest BCUT2D eigenvalue weighted by atomic mass is 32.3. The molecule has 0 aromatic carbocycles. The van der Waals surface area contributed by atoms with E-state index < -0.39 is 278 Å². The zero-order chi connectivity index (χ0) is 72.6. The third kappa shape index (κ3) is 24.7. The van der Waals surface area contributed by atoms with E-state index in [4.69, 9.17) is 51.9 Å². The molecule has 0 unspecified atom stereocenters. The van der Waals surface area contributed by atoms with Crippen LogP contribution in [0, 0.1) is 0 Å². The molecule has 0 aromatic rings. The van der Waals surface area contributed by atoms with Crippen molar-refractivity contribution in [2.45, 2.75) is 153 Å². The van der Waals surface area contributed by atoms with Gasteiger partial charge in [-0.2, -0.15) is 89.9 Å². The van der Waals surface area contributed by atoms with Crippen LogP contribution in [0.5, 0.6) is 0 Å². The van der Waals surface area contributed by atoms with Gasteiger partial charge in [0.1, 0.15) is 104 Å². The molecule has 5 aliphatic rings. The van der Waals surface area contributed by atoms with Gasteiger partial charge in [-0.15, -0.1) is 0 Å². The Morgan fingerprint density at radius 3 is 1.13 bits per heavy atom. The first-order valence-corrected chi connectivity index (χ1v) is 36.7. The van der Waals surface area contributed by atoms with Crippen molar-refractivity contribution in [3.63, 3.8) is 0 Å². The van der Waals surface area contributed by atoms with Crippen LogP contribution in [0.25, 0.3) is 0 Å². The number of ether oxygens (including phenoxy) is 10. The summed E-state index contributed by atoms with van der Waals surface area (Å²) >= 11 is 0. The van der Waals surface area contributed by atoms with Crippen LogP contribution in [0.2, 0.25) is 0 Å². The minimum atomic E-state index is -6.47. The van der Waals surface area contributed by atoms with Crippen LogP contribution >= 0.6 is 0 Å². The van der Waals surface area contributed by atoms with E-state index >= 15 is 0 Å². The predicted octanol–water partition coefficient (Wildman–Crippen LogP) is -13.9. The maximum Gasteiger partial charge on any atom is 0.397 e. The Kier molecular flexibility index (Phi) is 27.2. The molecule has 19 N–H and O–H groups in total. The molecule has 64 heteroatoms. The van der Waals surface area contributed by atoms with Crippen molar-refractivity contribution in [1.29, 1.82) is 0 Å². The standard InChI is InChI=1S/C31H53N3O52S9/c1-71-27-9(33-88(47,48)49)13(37)16(6(76-27)3-73-91(56,57)58)78-31-21(86-95(68,69)70)14(38)19(23(83-31)25(40)41)80-29-10(34-89(50,51)52)18(84-93(62,63)64)17(7(77-29)4-74-92(59,60)61)79-30-15(39)20(85-94(65,66)67)22(24(82-30)26(42)43)81-28-8(32-87(44,45)46)12(36)11(35)5(75-28)2-72-90(53,54)55/h5-24,27-39H,2-4H2,1H3,(H,40,41)(H,42,43)(H,44,45,46)(H,47,48,49)(H,50,51,52)(H,53,54,55)(H,56,57,58)(H,59,60,61)(H,62,63,64)(H,65,66,67)(H,68,69,70)/t5-,6-,7-,8-,9-,10-,11-,12-,13-,14+,15-,16-,17-,18-,19+,20-,21-,22+,23-,24+,27+,28-,29-,30-,31-/m1/s1. The zero-order valence-electron chi connectivity index (χ0n) is 45.6. The lowest BCUT2D eigenvalue weighted by atomic mass is 9.94. The molecule has 558 valence electrons. The monoisotopic (exact) mass is 1590 g/mol. The molecule has 25 atom stereocenters. The molecule has 5 rings (SSSR count). The lowest BCUT2D eigenvalue weighted by molar-refractivity contribution is -0.372. The fraction of sp³-hybridized carbons (Fsp3) is 0.935. The van der Waals surface area contributed by atoms with Crippen LogP contribution in [0.15, 0.2) is 0 Å². The largest absolute Gasteiger partial charge is 0.479 e. The second-order valence-corrected chi connectivity index (χ2v) is 29.2. The van der Waals surface area contributed by atoms with Crippen molar-refractivity contribution in [1.82, 2.24) is 14.2 Å². The van der Waals surface area contributed by atoms with Gasteiger partial charge in [-0.3, -0.25) is 41.0 Å². The Morgan fingerprint density at radius 1 is 0.337 bits per heavy atom. The van der Waals surface area contributed by atoms with Crippen LogP contribution in [0.1, 0.15) is 0 Å². The zero-order valence-corrected chi connectivity index (χ0v) is 52.9. The number of nitrogens with one attached hydrogen (secondary N) is 3. The maximum atomic E-state index is 13.0. The van der Waals surface area contributed by atoms with Crippen molar-refractivity contribution in [3.05, 3.63) is 0 Å². The first kappa shape index (κ1) is 82.8. The molecule has 0 aliphatic carbocycles. The SMILES string of the molecule is CO[C@H]1O[C@H](COS(=O)(=O)O)[C@@H](O[C@@H]2O[C@@H](C(=O)O)[C@@H](O[C@H]3O[C@H](COS(=O)(=O)O)[C@@H](O[C@@H]4O[C@H](C(=O)O)[C@@H](O[C@H]5O[C@H](COS(=O)(=O)O)[C@@H](O)[C@H](O)[C@H]5NS(=O)(=O)O)[C@H](OS(=O)(=O)O)[C@H]4O)[C@H](OS(=O)(=O)O)[C@H]3NS(=O)(=O)O)[C@H](O)[C@H]2OS(=O)(=O)O)[C@H](O)[C@H]1NS(=O)(=O)O. The molecule has 5 saturated heterocycles. The molecule has 0 radical (unpaired) electrons. The average Bonchev–Trinajstić information content (AvgIpc) is 0.763. The average molecular weight is 1590 g/mol. The van der Waals surface area contributed by atoms with E-state index in [1.807, 2.05) is 0 Å². The molecule has 5 heterocycles. The minimum Gasteiger partial charge on any atom is -0.479 e. The number of hydrogen-bond donors (Lipinski definition) is 19. The van der Waals surface area contributed by atoms with Gasteiger partial charge >= 0.3 is 105 Å². The summed E-state index contributed by atoms with van der Waals surface area (Å²) in [5.41, 5.74) is 0. The number of carboxylic acids is 2. The van der Waals surface area contributed by atoms with Gasteiger partial charge in [0.25, 0.3) is 0 Å². The summed E-state index contributed by atoms with van der Waals surface area (Å²) in [5.74, 6) is -5.14. The molecular formula is C31H53N3O52S9. The number of hydrogen-bond acceptors (Lipinski definition) is 41. The first-order chi connectivity index (χ1) is 42.8. The number of carbonyl (C=O) groups is 2. The van der Waals surface area contributed by atoms with Gasteiger partial charge in [0.05, 0.1) is 19.8 Å². The molecule has 0 aromatic heterocycles. The van der Waals surface area contributed by atoms with Crippen LogP contribution in [0.4, 0.5) is 0 Å². The smallest absolute Gasteiger partial charge is 0.397 e. The summed E-state index contributed by atoms with van der Waals surface area (Å²) < 4.78 is 386. The van der Waals surface area contributed by atoms with Gasteiger partial charge in [-0.1, -0.05) is 0 Å². The van der Waals surface area contributed by atoms with E-state index in [9.17, 15) is 158 Å². The Labute approximate surface area is 531 Å². The third-order valence-electron chi connectivity index (χ3n) is 12.6. The quantitative estimate of drug-likeness (QED) is 0.0278. The molecular weight excluding hydrogens is 1530 g/mol. The highest BCUT2D eigenvalue weighted by molar-refractivity contribution is 7.84. The summed E-state index contributed by atoms with van der Waals surface area (Å²) in [7, 11) is -52.8. The van der Waals surface area contributed by atoms with Gasteiger partial charge in [-0.05, 0) is 0 Å².